The Labute approximate surface area is 139 Å². The molecule has 1 saturated heterocycles. The Hall–Kier alpha value is -2.14. The lowest BCUT2D eigenvalue weighted by molar-refractivity contribution is -0.118. The number of amides is 2. The summed E-state index contributed by atoms with van der Waals surface area (Å²) >= 11 is 1.65. The zero-order chi connectivity index (χ0) is 15.9. The van der Waals surface area contributed by atoms with E-state index in [2.05, 4.69) is 5.32 Å². The van der Waals surface area contributed by atoms with Crippen LogP contribution in [0, 0.1) is 0 Å². The topological polar surface area (TPSA) is 49.4 Å². The molecule has 2 aromatic rings. The van der Waals surface area contributed by atoms with Gasteiger partial charge in [0, 0.05) is 29.2 Å². The van der Waals surface area contributed by atoms with Crippen LogP contribution in [0.15, 0.2) is 41.8 Å². The number of carbonyl (C=O) groups is 2. The molecule has 1 aromatic heterocycles. The maximum atomic E-state index is 12.6. The number of nitrogens with zero attached hydrogens (tertiary/aromatic N) is 1. The predicted molar refractivity (Wildman–Crippen MR) is 91.9 cm³/mol. The van der Waals surface area contributed by atoms with Gasteiger partial charge in [0.05, 0.1) is 5.41 Å². The number of hydrogen-bond acceptors (Lipinski definition) is 3. The molecule has 2 heterocycles. The van der Waals surface area contributed by atoms with Gasteiger partial charge in [-0.2, -0.15) is 0 Å². The van der Waals surface area contributed by atoms with E-state index in [-0.39, 0.29) is 17.2 Å². The second kappa shape index (κ2) is 5.49. The zero-order valence-electron chi connectivity index (χ0n) is 12.7. The number of rotatable bonds is 4. The molecule has 1 N–H and O–H groups in total. The Morgan fingerprint density at radius 1 is 1.17 bits per heavy atom. The normalized spacial score (nSPS) is 19.0. The van der Waals surface area contributed by atoms with Gasteiger partial charge in [-0.1, -0.05) is 6.07 Å². The summed E-state index contributed by atoms with van der Waals surface area (Å²) in [6.45, 7) is 0.784. The third-order valence-electron chi connectivity index (χ3n) is 4.69. The van der Waals surface area contributed by atoms with Crippen LogP contribution in [-0.4, -0.2) is 18.4 Å². The van der Waals surface area contributed by atoms with Crippen LogP contribution in [0.25, 0.3) is 0 Å². The fraction of sp³-hybridized carbons (Fsp3) is 0.333. The molecule has 5 heteroatoms. The molecule has 0 radical (unpaired) electrons. The molecule has 2 amide bonds. The largest absolute Gasteiger partial charge is 0.325 e. The lowest BCUT2D eigenvalue weighted by Crippen LogP contribution is -2.27. The molecule has 118 valence electrons. The molecule has 1 saturated carbocycles. The molecular weight excluding hydrogens is 308 g/mol. The van der Waals surface area contributed by atoms with Crippen molar-refractivity contribution in [1.82, 2.24) is 0 Å². The highest BCUT2D eigenvalue weighted by atomic mass is 32.1. The Morgan fingerprint density at radius 3 is 2.52 bits per heavy atom. The van der Waals surface area contributed by atoms with E-state index in [0.717, 1.165) is 42.1 Å². The van der Waals surface area contributed by atoms with Crippen LogP contribution in [0.4, 0.5) is 11.4 Å². The van der Waals surface area contributed by atoms with Gasteiger partial charge in [0.15, 0.2) is 0 Å². The molecule has 4 nitrogen and oxygen atoms in total. The van der Waals surface area contributed by atoms with E-state index in [1.54, 1.807) is 16.2 Å². The van der Waals surface area contributed by atoms with Crippen molar-refractivity contribution in [2.24, 2.45) is 0 Å². The van der Waals surface area contributed by atoms with Crippen LogP contribution in [0.1, 0.15) is 30.6 Å². The smallest absolute Gasteiger partial charge is 0.235 e. The van der Waals surface area contributed by atoms with E-state index in [1.165, 1.54) is 0 Å². The van der Waals surface area contributed by atoms with Gasteiger partial charge in [-0.05, 0) is 55.0 Å². The van der Waals surface area contributed by atoms with Gasteiger partial charge in [0.1, 0.15) is 0 Å². The van der Waals surface area contributed by atoms with Crippen molar-refractivity contribution in [3.8, 4) is 0 Å². The lowest BCUT2D eigenvalue weighted by Gasteiger charge is -2.17. The van der Waals surface area contributed by atoms with E-state index < -0.39 is 0 Å². The van der Waals surface area contributed by atoms with Crippen LogP contribution in [0.5, 0.6) is 0 Å². The second-order valence-corrected chi connectivity index (χ2v) is 7.16. The molecule has 4 rings (SSSR count). The van der Waals surface area contributed by atoms with Gasteiger partial charge < -0.3 is 10.2 Å². The highest BCUT2D eigenvalue weighted by Gasteiger charge is 2.52. The third-order valence-corrected chi connectivity index (χ3v) is 5.76. The summed E-state index contributed by atoms with van der Waals surface area (Å²) in [5.41, 5.74) is 1.37. The minimum absolute atomic E-state index is 0.0740. The molecule has 2 aliphatic rings. The summed E-state index contributed by atoms with van der Waals surface area (Å²) in [6.07, 6.45) is 3.38. The summed E-state index contributed by atoms with van der Waals surface area (Å²) in [7, 11) is 0. The summed E-state index contributed by atoms with van der Waals surface area (Å²) in [5, 5.41) is 5.04. The van der Waals surface area contributed by atoms with Crippen molar-refractivity contribution in [1.29, 1.82) is 0 Å². The highest BCUT2D eigenvalue weighted by molar-refractivity contribution is 7.10. The fourth-order valence-corrected chi connectivity index (χ4v) is 4.14. The summed E-state index contributed by atoms with van der Waals surface area (Å²) in [4.78, 5) is 27.3. The molecule has 0 unspecified atom stereocenters. The molecule has 2 fully saturated rings. The monoisotopic (exact) mass is 326 g/mol. The van der Waals surface area contributed by atoms with Gasteiger partial charge in [0.2, 0.25) is 11.8 Å². The second-order valence-electron chi connectivity index (χ2n) is 6.21. The number of nitrogens with one attached hydrogen (secondary N) is 1. The Kier molecular flexibility index (Phi) is 3.45. The average molecular weight is 326 g/mol. The van der Waals surface area contributed by atoms with Crippen LogP contribution >= 0.6 is 11.3 Å². The number of anilines is 2. The van der Waals surface area contributed by atoms with Gasteiger partial charge in [-0.15, -0.1) is 11.3 Å². The molecule has 0 bridgehead atoms. The first-order chi connectivity index (χ1) is 11.2. The molecule has 0 atom stereocenters. The minimum atomic E-state index is -0.322. The molecular formula is C18H18N2O2S. The molecule has 1 aliphatic carbocycles. The zero-order valence-corrected chi connectivity index (χ0v) is 13.6. The number of thiophene rings is 1. The van der Waals surface area contributed by atoms with Gasteiger partial charge in [-0.3, -0.25) is 9.59 Å². The first-order valence-electron chi connectivity index (χ1n) is 7.95. The first-order valence-corrected chi connectivity index (χ1v) is 8.83. The highest BCUT2D eigenvalue weighted by Crippen LogP contribution is 2.50. The molecule has 23 heavy (non-hydrogen) atoms. The van der Waals surface area contributed by atoms with Crippen molar-refractivity contribution in [2.45, 2.75) is 31.1 Å². The third kappa shape index (κ3) is 2.55. The van der Waals surface area contributed by atoms with E-state index in [4.69, 9.17) is 0 Å². The quantitative estimate of drug-likeness (QED) is 0.934. The average Bonchev–Trinajstić information content (AvgIpc) is 2.97. The number of benzene rings is 1. The van der Waals surface area contributed by atoms with Gasteiger partial charge >= 0.3 is 0 Å². The van der Waals surface area contributed by atoms with E-state index in [1.807, 2.05) is 41.8 Å². The van der Waals surface area contributed by atoms with Crippen molar-refractivity contribution in [3.05, 3.63) is 46.7 Å². The standard InChI is InChI=1S/C18H18N2O2S/c21-16-4-1-11-20(16)14-7-5-13(6-8-14)19-17(22)18(9-10-18)15-3-2-12-23-15/h2-3,5-8,12H,1,4,9-11H2,(H,19,22). The van der Waals surface area contributed by atoms with Crippen LogP contribution in [-0.2, 0) is 15.0 Å². The summed E-state index contributed by atoms with van der Waals surface area (Å²) < 4.78 is 0. The maximum Gasteiger partial charge on any atom is 0.235 e. The minimum Gasteiger partial charge on any atom is -0.325 e. The maximum absolute atomic E-state index is 12.6. The van der Waals surface area contributed by atoms with Crippen LogP contribution in [0.3, 0.4) is 0 Å². The Bertz CT molecular complexity index is 733. The van der Waals surface area contributed by atoms with E-state index in [9.17, 15) is 9.59 Å². The SMILES string of the molecule is O=C1CCCN1c1ccc(NC(=O)C2(c3cccs3)CC2)cc1. The van der Waals surface area contributed by atoms with Crippen molar-refractivity contribution in [2.75, 3.05) is 16.8 Å². The number of carbonyl (C=O) groups excluding carboxylic acids is 2. The van der Waals surface area contributed by atoms with E-state index in [0.29, 0.717) is 6.42 Å². The molecule has 0 spiro atoms. The molecule has 1 aromatic carbocycles. The Morgan fingerprint density at radius 2 is 1.96 bits per heavy atom. The fourth-order valence-electron chi connectivity index (χ4n) is 3.16. The summed E-state index contributed by atoms with van der Waals surface area (Å²) in [6, 6.07) is 11.6. The van der Waals surface area contributed by atoms with E-state index >= 15 is 0 Å². The van der Waals surface area contributed by atoms with Gasteiger partial charge in [-0.25, -0.2) is 0 Å². The van der Waals surface area contributed by atoms with Crippen molar-refractivity contribution in [3.63, 3.8) is 0 Å². The van der Waals surface area contributed by atoms with Crippen molar-refractivity contribution >= 4 is 34.5 Å². The predicted octanol–water partition coefficient (Wildman–Crippen LogP) is 3.55. The van der Waals surface area contributed by atoms with Crippen LogP contribution in [0.2, 0.25) is 0 Å². The lowest BCUT2D eigenvalue weighted by atomic mass is 10.0. The van der Waals surface area contributed by atoms with Gasteiger partial charge in [0.25, 0.3) is 0 Å². The first kappa shape index (κ1) is 14.5. The molecule has 1 aliphatic heterocycles. The van der Waals surface area contributed by atoms with Crippen molar-refractivity contribution < 1.29 is 9.59 Å². The number of hydrogen-bond donors (Lipinski definition) is 1. The summed E-state index contributed by atoms with van der Waals surface area (Å²) in [5.74, 6) is 0.251. The van der Waals surface area contributed by atoms with Crippen LogP contribution < -0.4 is 10.2 Å². The Balaban J connectivity index is 1.47.